The largest absolute Gasteiger partial charge is 0.374 e. The molecule has 0 bridgehead atoms. The van der Waals surface area contributed by atoms with Gasteiger partial charge in [-0.2, -0.15) is 0 Å². The quantitative estimate of drug-likeness (QED) is 0.886. The first-order chi connectivity index (χ1) is 8.49. The molecule has 1 heterocycles. The first-order valence-corrected chi connectivity index (χ1v) is 7.49. The molecule has 1 aromatic heterocycles. The summed E-state index contributed by atoms with van der Waals surface area (Å²) in [5, 5.41) is 7.54. The number of hydrogen-bond acceptors (Lipinski definition) is 6. The van der Waals surface area contributed by atoms with Crippen LogP contribution in [0.4, 0.5) is 5.13 Å². The summed E-state index contributed by atoms with van der Waals surface area (Å²) in [7, 11) is -3.70. The Bertz CT molecular complexity index is 656. The van der Waals surface area contributed by atoms with Crippen molar-refractivity contribution in [3.63, 3.8) is 0 Å². The van der Waals surface area contributed by atoms with E-state index in [2.05, 4.69) is 14.9 Å². The first kappa shape index (κ1) is 13.2. The number of halogens is 1. The van der Waals surface area contributed by atoms with Gasteiger partial charge in [-0.1, -0.05) is 41.1 Å². The van der Waals surface area contributed by atoms with Crippen LogP contribution in [0.1, 0.15) is 5.56 Å². The number of nitrogens with one attached hydrogen (secondary N) is 1. The number of aromatic nitrogens is 2. The van der Waals surface area contributed by atoms with E-state index in [1.54, 1.807) is 24.3 Å². The highest BCUT2D eigenvalue weighted by atomic mass is 35.5. The van der Waals surface area contributed by atoms with Crippen molar-refractivity contribution in [2.24, 2.45) is 0 Å². The molecule has 0 saturated carbocycles. The topological polar surface area (TPSA) is 98.0 Å². The van der Waals surface area contributed by atoms with Gasteiger partial charge < -0.3 is 5.73 Å². The van der Waals surface area contributed by atoms with Gasteiger partial charge in [0.05, 0.1) is 0 Å². The van der Waals surface area contributed by atoms with Crippen LogP contribution >= 0.6 is 22.9 Å². The Morgan fingerprint density at radius 1 is 1.33 bits per heavy atom. The number of sulfonamides is 1. The maximum Gasteiger partial charge on any atom is 0.270 e. The van der Waals surface area contributed by atoms with Crippen molar-refractivity contribution in [1.29, 1.82) is 0 Å². The molecule has 0 amide bonds. The maximum absolute atomic E-state index is 11.8. The Hall–Kier alpha value is -1.22. The second-order valence-corrected chi connectivity index (χ2v) is 6.68. The van der Waals surface area contributed by atoms with Crippen LogP contribution in [0, 0.1) is 0 Å². The molecule has 0 aliphatic carbocycles. The van der Waals surface area contributed by atoms with E-state index in [1.807, 2.05) is 0 Å². The molecule has 0 atom stereocenters. The second-order valence-electron chi connectivity index (χ2n) is 3.32. The number of nitrogen functional groups attached to an aromatic ring is 1. The van der Waals surface area contributed by atoms with Crippen molar-refractivity contribution < 1.29 is 8.42 Å². The SMILES string of the molecule is Nc1nnc(S(=O)(=O)NCc2ccccc2Cl)s1. The van der Waals surface area contributed by atoms with E-state index in [0.29, 0.717) is 10.6 Å². The Balaban J connectivity index is 2.13. The van der Waals surface area contributed by atoms with Gasteiger partial charge >= 0.3 is 0 Å². The molecule has 18 heavy (non-hydrogen) atoms. The van der Waals surface area contributed by atoms with Crippen molar-refractivity contribution >= 4 is 38.1 Å². The van der Waals surface area contributed by atoms with Crippen LogP contribution in [0.25, 0.3) is 0 Å². The number of benzene rings is 1. The third kappa shape index (κ3) is 2.96. The smallest absolute Gasteiger partial charge is 0.270 e. The monoisotopic (exact) mass is 304 g/mol. The van der Waals surface area contributed by atoms with Crippen LogP contribution in [0.2, 0.25) is 5.02 Å². The Kier molecular flexibility index (Phi) is 3.81. The number of anilines is 1. The molecular formula is C9H9ClN4O2S2. The highest BCUT2D eigenvalue weighted by Gasteiger charge is 2.19. The predicted octanol–water partition coefficient (Wildman–Crippen LogP) is 1.25. The van der Waals surface area contributed by atoms with Gasteiger partial charge in [-0.25, -0.2) is 13.1 Å². The Morgan fingerprint density at radius 3 is 2.67 bits per heavy atom. The van der Waals surface area contributed by atoms with E-state index < -0.39 is 10.0 Å². The molecule has 3 N–H and O–H groups in total. The summed E-state index contributed by atoms with van der Waals surface area (Å²) < 4.78 is 25.9. The van der Waals surface area contributed by atoms with Gasteiger partial charge in [-0.15, -0.1) is 10.2 Å². The van der Waals surface area contributed by atoms with E-state index >= 15 is 0 Å². The molecule has 0 saturated heterocycles. The molecule has 0 aliphatic rings. The fourth-order valence-corrected chi connectivity index (χ4v) is 3.24. The summed E-state index contributed by atoms with van der Waals surface area (Å²) >= 11 is 6.73. The molecule has 1 aromatic carbocycles. The zero-order valence-corrected chi connectivity index (χ0v) is 11.4. The van der Waals surface area contributed by atoms with Gasteiger partial charge in [0, 0.05) is 11.6 Å². The fraction of sp³-hybridized carbons (Fsp3) is 0.111. The Morgan fingerprint density at radius 2 is 2.06 bits per heavy atom. The number of hydrogen-bond donors (Lipinski definition) is 2. The first-order valence-electron chi connectivity index (χ1n) is 4.81. The molecule has 2 rings (SSSR count). The molecule has 2 aromatic rings. The van der Waals surface area contributed by atoms with Crippen LogP contribution in [0.15, 0.2) is 28.6 Å². The van der Waals surface area contributed by atoms with Crippen molar-refractivity contribution in [1.82, 2.24) is 14.9 Å². The van der Waals surface area contributed by atoms with E-state index in [1.165, 1.54) is 0 Å². The fourth-order valence-electron chi connectivity index (χ4n) is 1.21. The van der Waals surface area contributed by atoms with Gasteiger partial charge in [0.2, 0.25) is 9.47 Å². The molecule has 0 unspecified atom stereocenters. The standard InChI is InChI=1S/C9H9ClN4O2S2/c10-7-4-2-1-3-6(7)5-12-18(15,16)9-14-13-8(11)17-9/h1-4,12H,5H2,(H2,11,13). The maximum atomic E-state index is 11.8. The van der Waals surface area contributed by atoms with Crippen LogP contribution in [-0.2, 0) is 16.6 Å². The predicted molar refractivity (Wildman–Crippen MR) is 69.8 cm³/mol. The van der Waals surface area contributed by atoms with Gasteiger partial charge in [0.25, 0.3) is 10.0 Å². The molecule has 0 aliphatic heterocycles. The summed E-state index contributed by atoms with van der Waals surface area (Å²) in [5.41, 5.74) is 6.02. The molecule has 96 valence electrons. The summed E-state index contributed by atoms with van der Waals surface area (Å²) in [4.78, 5) is 0. The van der Waals surface area contributed by atoms with Gasteiger partial charge in [-0.3, -0.25) is 0 Å². The third-order valence-corrected chi connectivity index (χ3v) is 4.95. The minimum Gasteiger partial charge on any atom is -0.374 e. The minimum atomic E-state index is -3.70. The third-order valence-electron chi connectivity index (χ3n) is 2.06. The van der Waals surface area contributed by atoms with Crippen LogP contribution in [-0.4, -0.2) is 18.6 Å². The number of nitrogens with two attached hydrogens (primary N) is 1. The van der Waals surface area contributed by atoms with Gasteiger partial charge in [-0.05, 0) is 11.6 Å². The van der Waals surface area contributed by atoms with E-state index in [9.17, 15) is 8.42 Å². The normalized spacial score (nSPS) is 11.6. The highest BCUT2D eigenvalue weighted by molar-refractivity contribution is 7.91. The molecule has 9 heteroatoms. The van der Waals surface area contributed by atoms with Crippen molar-refractivity contribution in [2.45, 2.75) is 10.9 Å². The summed E-state index contributed by atoms with van der Waals surface area (Å²) in [6.45, 7) is 0.0848. The van der Waals surface area contributed by atoms with Crippen LogP contribution < -0.4 is 10.5 Å². The van der Waals surface area contributed by atoms with Crippen LogP contribution in [0.3, 0.4) is 0 Å². The lowest BCUT2D eigenvalue weighted by Gasteiger charge is -2.05. The zero-order valence-electron chi connectivity index (χ0n) is 9.00. The van der Waals surface area contributed by atoms with Crippen molar-refractivity contribution in [3.05, 3.63) is 34.9 Å². The zero-order chi connectivity index (χ0) is 13.2. The van der Waals surface area contributed by atoms with E-state index in [0.717, 1.165) is 11.3 Å². The summed E-state index contributed by atoms with van der Waals surface area (Å²) in [6.07, 6.45) is 0. The molecule has 0 fully saturated rings. The molecule has 0 radical (unpaired) electrons. The van der Waals surface area contributed by atoms with Gasteiger partial charge in [0.1, 0.15) is 0 Å². The second kappa shape index (κ2) is 5.19. The van der Waals surface area contributed by atoms with Crippen LogP contribution in [0.5, 0.6) is 0 Å². The highest BCUT2D eigenvalue weighted by Crippen LogP contribution is 2.18. The number of rotatable bonds is 4. The average Bonchev–Trinajstić information content (AvgIpc) is 2.76. The van der Waals surface area contributed by atoms with Crippen molar-refractivity contribution in [2.75, 3.05) is 5.73 Å². The lowest BCUT2D eigenvalue weighted by atomic mass is 10.2. The lowest BCUT2D eigenvalue weighted by Crippen LogP contribution is -2.23. The molecular weight excluding hydrogens is 296 g/mol. The average molecular weight is 305 g/mol. The minimum absolute atomic E-state index is 0.0848. The summed E-state index contributed by atoms with van der Waals surface area (Å²) in [5.74, 6) is 0. The van der Waals surface area contributed by atoms with E-state index in [4.69, 9.17) is 17.3 Å². The summed E-state index contributed by atoms with van der Waals surface area (Å²) in [6, 6.07) is 6.97. The lowest BCUT2D eigenvalue weighted by molar-refractivity contribution is 0.579. The Labute approximate surface area is 113 Å². The molecule has 0 spiro atoms. The van der Waals surface area contributed by atoms with E-state index in [-0.39, 0.29) is 16.0 Å². The number of nitrogens with zero attached hydrogens (tertiary/aromatic N) is 2. The van der Waals surface area contributed by atoms with Crippen molar-refractivity contribution in [3.8, 4) is 0 Å². The van der Waals surface area contributed by atoms with Gasteiger partial charge in [0.15, 0.2) is 0 Å². The molecule has 6 nitrogen and oxygen atoms in total.